The van der Waals surface area contributed by atoms with E-state index in [9.17, 15) is 0 Å². The van der Waals surface area contributed by atoms with Crippen molar-refractivity contribution >= 4 is 82.7 Å². The molecule has 4 heteroatoms. The number of aromatic nitrogens is 2. The molecule has 0 saturated carbocycles. The molecule has 4 heterocycles. The van der Waals surface area contributed by atoms with Crippen molar-refractivity contribution in [1.82, 2.24) is 14.3 Å². The van der Waals surface area contributed by atoms with Crippen molar-refractivity contribution in [2.75, 3.05) is 0 Å². The van der Waals surface area contributed by atoms with Gasteiger partial charge in [0.2, 0.25) is 0 Å². The lowest BCUT2D eigenvalue weighted by atomic mass is 9.94. The normalized spacial score (nSPS) is 16.6. The summed E-state index contributed by atoms with van der Waals surface area (Å²) in [6, 6.07) is 54.9. The zero-order chi connectivity index (χ0) is 31.4. The van der Waals surface area contributed by atoms with Crippen molar-refractivity contribution in [3.63, 3.8) is 0 Å². The van der Waals surface area contributed by atoms with Crippen molar-refractivity contribution in [1.29, 1.82) is 0 Å². The Bertz CT molecular complexity index is 2960. The number of aliphatic imine (C=N–C) groups is 1. The van der Waals surface area contributed by atoms with Crippen LogP contribution < -0.4 is 5.32 Å². The van der Waals surface area contributed by atoms with E-state index in [0.29, 0.717) is 0 Å². The summed E-state index contributed by atoms with van der Waals surface area (Å²) < 4.78 is 4.94. The topological polar surface area (TPSA) is 33.7 Å². The van der Waals surface area contributed by atoms with Gasteiger partial charge in [0, 0.05) is 49.0 Å². The highest BCUT2D eigenvalue weighted by Gasteiger charge is 2.37. The van der Waals surface area contributed by atoms with Crippen LogP contribution in [0.1, 0.15) is 11.1 Å². The van der Waals surface area contributed by atoms with Crippen LogP contribution in [0.3, 0.4) is 0 Å². The lowest BCUT2D eigenvalue weighted by Gasteiger charge is -2.34. The Balaban J connectivity index is 1.30. The monoisotopic (exact) mass is 612 g/mol. The Morgan fingerprint density at radius 3 is 1.85 bits per heavy atom. The molecule has 0 aliphatic carbocycles. The lowest BCUT2D eigenvalue weighted by molar-refractivity contribution is 0.498. The Labute approximate surface area is 275 Å². The quantitative estimate of drug-likeness (QED) is 0.212. The number of hydrogen-bond acceptors (Lipinski definition) is 2. The molecule has 0 amide bonds. The molecule has 0 spiro atoms. The summed E-state index contributed by atoms with van der Waals surface area (Å²) in [6.07, 6.45) is 4.15. The molecular formula is C44H28N4. The molecule has 7 aromatic carbocycles. The maximum atomic E-state index is 5.31. The van der Waals surface area contributed by atoms with Gasteiger partial charge in [0.1, 0.15) is 0 Å². The first-order chi connectivity index (χ1) is 23.8. The average molecular weight is 613 g/mol. The first kappa shape index (κ1) is 25.8. The largest absolute Gasteiger partial charge is 0.346 e. The van der Waals surface area contributed by atoms with E-state index in [1.165, 1.54) is 59.6 Å². The maximum Gasteiger partial charge on any atom is 0.185 e. The molecule has 1 N–H and O–H groups in total. The number of nitrogens with zero attached hydrogens (tertiary/aromatic N) is 3. The molecule has 1 atom stereocenters. The number of fused-ring (bicyclic) bond motifs is 12. The van der Waals surface area contributed by atoms with Crippen molar-refractivity contribution in [3.05, 3.63) is 169 Å². The van der Waals surface area contributed by atoms with Gasteiger partial charge in [-0.25, -0.2) is 4.99 Å². The van der Waals surface area contributed by atoms with Crippen LogP contribution in [0.4, 0.5) is 0 Å². The van der Waals surface area contributed by atoms with E-state index >= 15 is 0 Å². The summed E-state index contributed by atoms with van der Waals surface area (Å²) in [6.45, 7) is 0. The minimum atomic E-state index is -0.817. The van der Waals surface area contributed by atoms with Crippen molar-refractivity contribution in [2.24, 2.45) is 4.99 Å². The fourth-order valence-corrected chi connectivity index (χ4v) is 8.51. The number of para-hydroxylation sites is 3. The highest BCUT2D eigenvalue weighted by molar-refractivity contribution is 6.31. The fraction of sp³-hybridized carbons (Fsp3) is 0.0227. The molecule has 0 radical (unpaired) electrons. The lowest BCUT2D eigenvalue weighted by Crippen LogP contribution is -2.36. The second-order valence-electron chi connectivity index (χ2n) is 12.8. The minimum absolute atomic E-state index is 0.817. The summed E-state index contributed by atoms with van der Waals surface area (Å²) in [5.41, 5.74) is 8.54. The van der Waals surface area contributed by atoms with Crippen LogP contribution in [0.5, 0.6) is 0 Å². The molecule has 1 aliphatic rings. The van der Waals surface area contributed by atoms with E-state index in [0.717, 1.165) is 27.9 Å². The SMILES string of the molecule is C1=NC(c2ccccc2)(n2c3ccccc3c3c4ccc5c6cccc7c8ccccc8n(c5c4ccc32)c76)C=C(c2ccccc2)N1. The summed E-state index contributed by atoms with van der Waals surface area (Å²) >= 11 is 0. The Hall–Kier alpha value is -6.39. The van der Waals surface area contributed by atoms with Gasteiger partial charge in [-0.15, -0.1) is 0 Å². The predicted octanol–water partition coefficient (Wildman–Crippen LogP) is 10.5. The third-order valence-electron chi connectivity index (χ3n) is 10.5. The van der Waals surface area contributed by atoms with Gasteiger partial charge in [0.15, 0.2) is 5.66 Å². The van der Waals surface area contributed by atoms with Crippen molar-refractivity contribution in [2.45, 2.75) is 5.66 Å². The van der Waals surface area contributed by atoms with Crippen LogP contribution in [-0.4, -0.2) is 15.3 Å². The number of rotatable bonds is 3. The summed E-state index contributed by atoms with van der Waals surface area (Å²) in [5.74, 6) is 0. The summed E-state index contributed by atoms with van der Waals surface area (Å²) in [4.78, 5) is 5.31. The highest BCUT2D eigenvalue weighted by atomic mass is 15.2. The van der Waals surface area contributed by atoms with Gasteiger partial charge in [-0.2, -0.15) is 0 Å². The van der Waals surface area contributed by atoms with Crippen LogP contribution in [0.25, 0.3) is 76.4 Å². The van der Waals surface area contributed by atoms with E-state index in [1.807, 2.05) is 6.34 Å². The van der Waals surface area contributed by atoms with E-state index in [-0.39, 0.29) is 0 Å². The minimum Gasteiger partial charge on any atom is -0.346 e. The van der Waals surface area contributed by atoms with Gasteiger partial charge >= 0.3 is 0 Å². The molecule has 224 valence electrons. The van der Waals surface area contributed by atoms with Gasteiger partial charge in [-0.1, -0.05) is 133 Å². The number of benzene rings is 7. The van der Waals surface area contributed by atoms with Crippen LogP contribution in [-0.2, 0) is 5.66 Å². The molecule has 0 bridgehead atoms. The molecular weight excluding hydrogens is 585 g/mol. The molecule has 3 aromatic heterocycles. The van der Waals surface area contributed by atoms with Crippen LogP contribution >= 0.6 is 0 Å². The second-order valence-corrected chi connectivity index (χ2v) is 12.8. The third kappa shape index (κ3) is 3.21. The second kappa shape index (κ2) is 9.34. The van der Waals surface area contributed by atoms with E-state index in [2.05, 4.69) is 172 Å². The standard InChI is InChI=1S/C44H28N4/c1-3-12-28(13-4-1)37-26-44(46-27-45-37,29-14-5-2-6-15-29)48-39-21-10-8-17-36(39)41-31-22-23-35-33-19-11-18-32-30-16-7-9-20-38(30)47(42(32)33)43(35)34(31)24-25-40(41)48/h1-27H,(H,45,46). The Morgan fingerprint density at radius 2 is 1.04 bits per heavy atom. The van der Waals surface area contributed by atoms with Crippen LogP contribution in [0.2, 0.25) is 0 Å². The third-order valence-corrected chi connectivity index (χ3v) is 10.5. The molecule has 11 rings (SSSR count). The van der Waals surface area contributed by atoms with Gasteiger partial charge < -0.3 is 14.3 Å². The fourth-order valence-electron chi connectivity index (χ4n) is 8.51. The van der Waals surface area contributed by atoms with Crippen LogP contribution in [0, 0.1) is 0 Å². The van der Waals surface area contributed by atoms with E-state index in [1.54, 1.807) is 0 Å². The smallest absolute Gasteiger partial charge is 0.185 e. The predicted molar refractivity (Wildman–Crippen MR) is 201 cm³/mol. The molecule has 1 aliphatic heterocycles. The molecule has 0 fully saturated rings. The van der Waals surface area contributed by atoms with Gasteiger partial charge in [0.05, 0.1) is 33.9 Å². The maximum absolute atomic E-state index is 5.31. The summed E-state index contributed by atoms with van der Waals surface area (Å²) in [7, 11) is 0. The van der Waals surface area contributed by atoms with Gasteiger partial charge in [0.25, 0.3) is 0 Å². The van der Waals surface area contributed by atoms with Crippen LogP contribution in [0.15, 0.2) is 163 Å². The van der Waals surface area contributed by atoms with E-state index < -0.39 is 5.66 Å². The average Bonchev–Trinajstić information content (AvgIpc) is 3.81. The van der Waals surface area contributed by atoms with Crippen molar-refractivity contribution in [3.8, 4) is 0 Å². The summed E-state index contributed by atoms with van der Waals surface area (Å²) in [5, 5.41) is 13.6. The molecule has 0 saturated heterocycles. The zero-order valence-electron chi connectivity index (χ0n) is 25.9. The van der Waals surface area contributed by atoms with Crippen molar-refractivity contribution < 1.29 is 0 Å². The molecule has 48 heavy (non-hydrogen) atoms. The first-order valence-corrected chi connectivity index (χ1v) is 16.5. The van der Waals surface area contributed by atoms with Gasteiger partial charge in [-0.05, 0) is 35.2 Å². The number of nitrogens with one attached hydrogen (secondary N) is 1. The first-order valence-electron chi connectivity index (χ1n) is 16.5. The molecule has 10 aromatic rings. The molecule has 1 unspecified atom stereocenters. The highest BCUT2D eigenvalue weighted by Crippen LogP contribution is 2.46. The zero-order valence-corrected chi connectivity index (χ0v) is 25.9. The van der Waals surface area contributed by atoms with Gasteiger partial charge in [-0.3, -0.25) is 0 Å². The Kier molecular flexibility index (Phi) is 5.01. The molecule has 4 nitrogen and oxygen atoms in total. The Morgan fingerprint density at radius 1 is 0.458 bits per heavy atom. The number of hydrogen-bond donors (Lipinski definition) is 1. The van der Waals surface area contributed by atoms with E-state index in [4.69, 9.17) is 4.99 Å².